The number of aliphatic carboxylic acids is 1. The van der Waals surface area contributed by atoms with Gasteiger partial charge in [-0.3, -0.25) is 4.79 Å². The van der Waals surface area contributed by atoms with E-state index in [1.54, 1.807) is 34.6 Å². The molecule has 35 heavy (non-hydrogen) atoms. The third-order valence-corrected chi connectivity index (χ3v) is 7.39. The maximum atomic E-state index is 13.7. The number of carbonyl (C=O) groups excluding carboxylic acids is 1. The molecular formula is C25H50N4O5Si. The topological polar surface area (TPSA) is 148 Å². The second-order valence-electron chi connectivity index (χ2n) is 12.6. The van der Waals surface area contributed by atoms with Gasteiger partial charge in [0.15, 0.2) is 14.6 Å². The number of hydrogen-bond acceptors (Lipinski definition) is 6. The molecule has 0 amide bonds. The number of rotatable bonds is 13. The highest BCUT2D eigenvalue weighted by atomic mass is 28.3. The molecule has 204 valence electrons. The van der Waals surface area contributed by atoms with Crippen molar-refractivity contribution in [2.45, 2.75) is 106 Å². The lowest BCUT2D eigenvalue weighted by atomic mass is 9.61. The highest BCUT2D eigenvalue weighted by Crippen LogP contribution is 2.45. The lowest BCUT2D eigenvalue weighted by Gasteiger charge is -2.49. The summed E-state index contributed by atoms with van der Waals surface area (Å²) in [6.07, 6.45) is 0.355. The van der Waals surface area contributed by atoms with E-state index in [0.29, 0.717) is 6.42 Å². The van der Waals surface area contributed by atoms with Gasteiger partial charge in [-0.25, -0.2) is 4.79 Å². The molecule has 0 saturated heterocycles. The Balaban J connectivity index is 7.01. The van der Waals surface area contributed by atoms with Crippen LogP contribution < -0.4 is 5.73 Å². The van der Waals surface area contributed by atoms with E-state index < -0.39 is 61.4 Å². The van der Waals surface area contributed by atoms with Crippen molar-refractivity contribution in [3.63, 3.8) is 0 Å². The lowest BCUT2D eigenvalue weighted by molar-refractivity contribution is -0.176. The number of ether oxygens (including phenoxy) is 1. The van der Waals surface area contributed by atoms with Gasteiger partial charge in [0.05, 0.1) is 5.92 Å². The number of hydrogen-bond donors (Lipinski definition) is 2. The van der Waals surface area contributed by atoms with E-state index in [4.69, 9.17) is 20.4 Å². The number of esters is 1. The van der Waals surface area contributed by atoms with Gasteiger partial charge in [0.2, 0.25) is 0 Å². The number of carboxylic acids is 1. The van der Waals surface area contributed by atoms with E-state index in [1.807, 2.05) is 47.7 Å². The fraction of sp³-hybridized carbons (Fsp3) is 0.920. The van der Waals surface area contributed by atoms with Gasteiger partial charge >= 0.3 is 11.9 Å². The number of carboxylic acid groups (broad SMARTS) is 1. The van der Waals surface area contributed by atoms with Gasteiger partial charge in [-0.2, -0.15) is 0 Å². The Bertz CT molecular complexity index is 754. The summed E-state index contributed by atoms with van der Waals surface area (Å²) < 4.78 is 12.1. The quantitative estimate of drug-likeness (QED) is 0.111. The SMILES string of the molecule is CC(C)[C@@H](CN=[N+]=[N-])C[C@H](C(=O)OC(C)(C)C)[C@H](C(N)[C@](O[SiH](C)C)(C(=O)O)C(C)C)C(C)(C)C. The summed E-state index contributed by atoms with van der Waals surface area (Å²) in [6.45, 7) is 23.0. The second-order valence-corrected chi connectivity index (χ2v) is 15.0. The van der Waals surface area contributed by atoms with Crippen molar-refractivity contribution in [2.24, 2.45) is 45.9 Å². The maximum Gasteiger partial charge on any atom is 0.336 e. The Morgan fingerprint density at radius 1 is 1.09 bits per heavy atom. The first-order valence-electron chi connectivity index (χ1n) is 12.6. The van der Waals surface area contributed by atoms with Crippen molar-refractivity contribution in [1.29, 1.82) is 0 Å². The Morgan fingerprint density at radius 3 is 1.91 bits per heavy atom. The van der Waals surface area contributed by atoms with Crippen LogP contribution in [0.3, 0.4) is 0 Å². The fourth-order valence-corrected chi connectivity index (χ4v) is 6.19. The van der Waals surface area contributed by atoms with Crippen LogP contribution in [-0.4, -0.2) is 49.9 Å². The maximum absolute atomic E-state index is 13.7. The number of nitrogens with two attached hydrogens (primary N) is 1. The predicted octanol–water partition coefficient (Wildman–Crippen LogP) is 5.39. The zero-order valence-corrected chi connectivity index (χ0v) is 25.1. The molecule has 0 aliphatic carbocycles. The van der Waals surface area contributed by atoms with Crippen molar-refractivity contribution >= 4 is 21.0 Å². The summed E-state index contributed by atoms with van der Waals surface area (Å²) >= 11 is 0. The van der Waals surface area contributed by atoms with Crippen LogP contribution in [0.25, 0.3) is 10.4 Å². The molecule has 0 aliphatic heterocycles. The molecule has 0 aromatic carbocycles. The van der Waals surface area contributed by atoms with Crippen molar-refractivity contribution < 1.29 is 23.9 Å². The fourth-order valence-electron chi connectivity index (χ4n) is 4.88. The third-order valence-electron chi connectivity index (χ3n) is 6.53. The minimum atomic E-state index is -1.84. The van der Waals surface area contributed by atoms with Crippen LogP contribution in [0.15, 0.2) is 5.11 Å². The molecule has 0 rings (SSSR count). The average Bonchev–Trinajstić information content (AvgIpc) is 2.64. The molecule has 3 N–H and O–H groups in total. The molecule has 0 radical (unpaired) electrons. The van der Waals surface area contributed by atoms with Crippen LogP contribution in [0.5, 0.6) is 0 Å². The molecule has 5 atom stereocenters. The van der Waals surface area contributed by atoms with Gasteiger partial charge in [0.1, 0.15) is 5.60 Å². The van der Waals surface area contributed by atoms with Gasteiger partial charge in [0, 0.05) is 17.5 Å². The van der Waals surface area contributed by atoms with E-state index in [9.17, 15) is 14.7 Å². The Morgan fingerprint density at radius 2 is 1.60 bits per heavy atom. The highest BCUT2D eigenvalue weighted by molar-refractivity contribution is 6.48. The Hall–Kier alpha value is -1.61. The molecule has 1 unspecified atom stereocenters. The second kappa shape index (κ2) is 13.1. The van der Waals surface area contributed by atoms with Crippen LogP contribution in [0.4, 0.5) is 0 Å². The summed E-state index contributed by atoms with van der Waals surface area (Å²) in [4.78, 5) is 29.4. The predicted molar refractivity (Wildman–Crippen MR) is 142 cm³/mol. The first-order valence-corrected chi connectivity index (χ1v) is 15.4. The van der Waals surface area contributed by atoms with E-state index in [2.05, 4.69) is 10.0 Å². The van der Waals surface area contributed by atoms with Crippen LogP contribution in [0.1, 0.15) is 75.7 Å². The van der Waals surface area contributed by atoms with Crippen molar-refractivity contribution in [3.8, 4) is 0 Å². The number of nitrogens with zero attached hydrogens (tertiary/aromatic N) is 3. The largest absolute Gasteiger partial charge is 0.479 e. The number of azide groups is 1. The summed E-state index contributed by atoms with van der Waals surface area (Å²) in [5, 5.41) is 14.2. The van der Waals surface area contributed by atoms with Crippen LogP contribution in [0.2, 0.25) is 13.1 Å². The zero-order chi connectivity index (χ0) is 27.9. The van der Waals surface area contributed by atoms with Crippen LogP contribution in [-0.2, 0) is 18.8 Å². The number of carbonyl (C=O) groups is 2. The van der Waals surface area contributed by atoms with E-state index >= 15 is 0 Å². The van der Waals surface area contributed by atoms with Crippen LogP contribution >= 0.6 is 0 Å². The molecule has 0 aromatic rings. The van der Waals surface area contributed by atoms with Crippen molar-refractivity contribution in [2.75, 3.05) is 6.54 Å². The first-order chi connectivity index (χ1) is 15.7. The van der Waals surface area contributed by atoms with Crippen LogP contribution in [0, 0.1) is 35.0 Å². The smallest absolute Gasteiger partial charge is 0.336 e. The molecule has 0 aromatic heterocycles. The molecule has 9 nitrogen and oxygen atoms in total. The zero-order valence-electron chi connectivity index (χ0n) is 24.0. The van der Waals surface area contributed by atoms with Crippen molar-refractivity contribution in [1.82, 2.24) is 0 Å². The Labute approximate surface area is 213 Å². The minimum absolute atomic E-state index is 0.112. The average molecular weight is 515 g/mol. The molecular weight excluding hydrogens is 464 g/mol. The summed E-state index contributed by atoms with van der Waals surface area (Å²) in [7, 11) is -1.84. The molecule has 0 spiro atoms. The summed E-state index contributed by atoms with van der Waals surface area (Å²) in [5.74, 6) is -3.28. The molecule has 0 aliphatic rings. The van der Waals surface area contributed by atoms with Gasteiger partial charge in [-0.1, -0.05) is 53.6 Å². The third kappa shape index (κ3) is 9.41. The lowest BCUT2D eigenvalue weighted by Crippen LogP contribution is -2.66. The highest BCUT2D eigenvalue weighted by Gasteiger charge is 2.56. The van der Waals surface area contributed by atoms with Gasteiger partial charge < -0.3 is 20.0 Å². The summed E-state index contributed by atoms with van der Waals surface area (Å²) in [6, 6.07) is -0.986. The molecule has 0 bridgehead atoms. The monoisotopic (exact) mass is 514 g/mol. The van der Waals surface area contributed by atoms with Gasteiger partial charge in [-0.15, -0.1) is 0 Å². The van der Waals surface area contributed by atoms with E-state index in [1.165, 1.54) is 0 Å². The summed E-state index contributed by atoms with van der Waals surface area (Å²) in [5.41, 5.74) is 12.9. The standard InChI is InChI=1S/C25H50N4O5Si/c1-15(2)17(14-28-29-27)13-18(21(30)33-24(8,9)10)19(23(5,6)7)20(26)25(16(3)4,22(31)32)34-35(11)12/h15-20,35H,13-14,26H2,1-12H3,(H,31,32)/t17-,18+,19-,20?,25+/m1/s1. The molecule has 10 heteroatoms. The normalized spacial score (nSPS) is 17.9. The minimum Gasteiger partial charge on any atom is -0.479 e. The van der Waals surface area contributed by atoms with E-state index in [0.717, 1.165) is 0 Å². The van der Waals surface area contributed by atoms with Gasteiger partial charge in [-0.05, 0) is 74.9 Å². The van der Waals surface area contributed by atoms with Gasteiger partial charge in [0.25, 0.3) is 0 Å². The molecule has 0 saturated carbocycles. The Kier molecular flexibility index (Phi) is 12.5. The van der Waals surface area contributed by atoms with E-state index in [-0.39, 0.29) is 18.4 Å². The molecule has 0 heterocycles. The first kappa shape index (κ1) is 33.4. The van der Waals surface area contributed by atoms with Crippen molar-refractivity contribution in [3.05, 3.63) is 10.4 Å². The molecule has 0 fully saturated rings.